The fourth-order valence-electron chi connectivity index (χ4n) is 6.54. The van der Waals surface area contributed by atoms with Crippen molar-refractivity contribution in [3.05, 3.63) is 33.9 Å². The van der Waals surface area contributed by atoms with Crippen LogP contribution in [-0.4, -0.2) is 12.6 Å². The summed E-state index contributed by atoms with van der Waals surface area (Å²) in [5.74, 6) is 1.17. The molecule has 2 aliphatic rings. The topological polar surface area (TPSA) is 26.3 Å². The molecule has 1 fully saturated rings. The number of carbonyl (C=O) groups excluding carboxylic acids is 1. The van der Waals surface area contributed by atoms with Gasteiger partial charge in [-0.2, -0.15) is 0 Å². The Labute approximate surface area is 211 Å². The van der Waals surface area contributed by atoms with Gasteiger partial charge in [0.05, 0.1) is 6.61 Å². The lowest BCUT2D eigenvalue weighted by molar-refractivity contribution is -0.141. The van der Waals surface area contributed by atoms with Gasteiger partial charge in [0, 0.05) is 6.92 Å². The van der Waals surface area contributed by atoms with Gasteiger partial charge in [-0.15, -0.1) is 0 Å². The summed E-state index contributed by atoms with van der Waals surface area (Å²) >= 11 is 0. The Balaban J connectivity index is 1.90. The first kappa shape index (κ1) is 28.9. The average Bonchev–Trinajstić information content (AvgIpc) is 2.74. The monoisotopic (exact) mass is 470 g/mol. The number of carbonyl (C=O) groups is 1. The number of hydrogen-bond acceptors (Lipinski definition) is 2. The van der Waals surface area contributed by atoms with E-state index in [0.717, 1.165) is 31.6 Å². The van der Waals surface area contributed by atoms with Gasteiger partial charge in [0.2, 0.25) is 0 Å². The molecule has 0 N–H and O–H groups in total. The van der Waals surface area contributed by atoms with Crippen molar-refractivity contribution < 1.29 is 9.53 Å². The number of rotatable bonds is 11. The maximum atomic E-state index is 11.0. The van der Waals surface area contributed by atoms with Crippen LogP contribution in [0.2, 0.25) is 0 Å². The van der Waals surface area contributed by atoms with Gasteiger partial charge in [-0.25, -0.2) is 0 Å². The van der Waals surface area contributed by atoms with Crippen LogP contribution in [-0.2, 0) is 9.53 Å². The number of ether oxygens (including phenoxy) is 1. The second kappa shape index (κ2) is 12.6. The number of hydrogen-bond donors (Lipinski definition) is 0. The Morgan fingerprint density at radius 1 is 1.09 bits per heavy atom. The fourth-order valence-corrected chi connectivity index (χ4v) is 6.54. The first-order valence-electron chi connectivity index (χ1n) is 14.0. The van der Waals surface area contributed by atoms with E-state index in [1.807, 2.05) is 0 Å². The number of esters is 1. The van der Waals surface area contributed by atoms with Gasteiger partial charge in [-0.1, -0.05) is 61.6 Å². The fraction of sp³-hybridized carbons (Fsp3) is 0.781. The largest absolute Gasteiger partial charge is 0.466 e. The van der Waals surface area contributed by atoms with E-state index in [1.54, 1.807) is 16.7 Å². The minimum Gasteiger partial charge on any atom is -0.466 e. The summed E-state index contributed by atoms with van der Waals surface area (Å²) in [5, 5.41) is 0. The summed E-state index contributed by atoms with van der Waals surface area (Å²) in [7, 11) is 0. The third-order valence-corrected chi connectivity index (χ3v) is 9.03. The highest BCUT2D eigenvalue weighted by Gasteiger charge is 2.45. The zero-order valence-corrected chi connectivity index (χ0v) is 24.0. The highest BCUT2D eigenvalue weighted by molar-refractivity contribution is 5.65. The summed E-state index contributed by atoms with van der Waals surface area (Å²) < 4.78 is 5.12. The summed E-state index contributed by atoms with van der Waals surface area (Å²) in [6, 6.07) is 0. The van der Waals surface area contributed by atoms with Gasteiger partial charge < -0.3 is 4.74 Å². The van der Waals surface area contributed by atoms with Crippen molar-refractivity contribution in [1.29, 1.82) is 0 Å². The quantitative estimate of drug-likeness (QED) is 0.171. The smallest absolute Gasteiger partial charge is 0.302 e. The normalized spacial score (nSPS) is 25.6. The van der Waals surface area contributed by atoms with Gasteiger partial charge in [-0.05, 0) is 121 Å². The first-order chi connectivity index (χ1) is 15.8. The summed E-state index contributed by atoms with van der Waals surface area (Å²) in [5.41, 5.74) is 9.10. The average molecular weight is 471 g/mol. The molecule has 0 aliphatic heterocycles. The van der Waals surface area contributed by atoms with Crippen molar-refractivity contribution in [2.24, 2.45) is 22.7 Å². The van der Waals surface area contributed by atoms with Crippen molar-refractivity contribution in [3.63, 3.8) is 0 Å². The molecule has 0 aromatic carbocycles. The van der Waals surface area contributed by atoms with E-state index < -0.39 is 0 Å². The van der Waals surface area contributed by atoms with Crippen molar-refractivity contribution in [2.75, 3.05) is 6.61 Å². The molecule has 0 spiro atoms. The molecule has 2 rings (SSSR count). The van der Waals surface area contributed by atoms with Gasteiger partial charge >= 0.3 is 5.97 Å². The molecule has 0 aromatic rings. The zero-order chi connectivity index (χ0) is 25.5. The standard InChI is InChI=1S/C32H54O2/c1-23(2)28(25(4)13-11-21-34-27(6)33)16-15-24(3)12-10-14-29-26(5)17-18-32(9)20-19-31(7,8)22-30(29)32/h12,25,30H,10-11,13-22H2,1-9H3/b24-12+/t25-,30-,32-/m0/s1. The number of fused-ring (bicyclic) bond motifs is 1. The van der Waals surface area contributed by atoms with Crippen LogP contribution in [0.4, 0.5) is 0 Å². The summed E-state index contributed by atoms with van der Waals surface area (Å²) in [6.45, 7) is 21.1. The lowest BCUT2D eigenvalue weighted by atomic mass is 9.53. The number of allylic oxidation sites excluding steroid dienone is 6. The molecule has 34 heavy (non-hydrogen) atoms. The Kier molecular flexibility index (Phi) is 10.7. The van der Waals surface area contributed by atoms with Crippen LogP contribution >= 0.6 is 0 Å². The van der Waals surface area contributed by atoms with Crippen molar-refractivity contribution in [3.8, 4) is 0 Å². The van der Waals surface area contributed by atoms with Crippen LogP contribution < -0.4 is 0 Å². The Bertz CT molecular complexity index is 790. The molecule has 2 nitrogen and oxygen atoms in total. The molecule has 3 atom stereocenters. The molecule has 194 valence electrons. The highest BCUT2D eigenvalue weighted by Crippen LogP contribution is 2.57. The maximum absolute atomic E-state index is 11.0. The molecule has 0 saturated heterocycles. The second-order valence-corrected chi connectivity index (χ2v) is 12.9. The molecular weight excluding hydrogens is 416 g/mol. The van der Waals surface area contributed by atoms with Crippen LogP contribution in [0, 0.1) is 22.7 Å². The predicted molar refractivity (Wildman–Crippen MR) is 147 cm³/mol. The molecule has 0 heterocycles. The molecular formula is C32H54O2. The molecule has 0 unspecified atom stereocenters. The van der Waals surface area contributed by atoms with E-state index >= 15 is 0 Å². The van der Waals surface area contributed by atoms with E-state index in [9.17, 15) is 4.79 Å². The second-order valence-electron chi connectivity index (χ2n) is 12.9. The Hall–Kier alpha value is -1.31. The first-order valence-corrected chi connectivity index (χ1v) is 14.0. The Morgan fingerprint density at radius 2 is 1.79 bits per heavy atom. The minimum atomic E-state index is -0.174. The van der Waals surface area contributed by atoms with E-state index in [1.165, 1.54) is 63.0 Å². The van der Waals surface area contributed by atoms with Gasteiger partial charge in [-0.3, -0.25) is 4.79 Å². The third kappa shape index (κ3) is 8.42. The molecule has 0 amide bonds. The van der Waals surface area contributed by atoms with Crippen molar-refractivity contribution in [1.82, 2.24) is 0 Å². The lowest BCUT2D eigenvalue weighted by Gasteiger charge is -2.52. The molecule has 0 radical (unpaired) electrons. The highest BCUT2D eigenvalue weighted by atomic mass is 16.5. The van der Waals surface area contributed by atoms with Crippen LogP contribution in [0.25, 0.3) is 0 Å². The zero-order valence-electron chi connectivity index (χ0n) is 24.0. The summed E-state index contributed by atoms with van der Waals surface area (Å²) in [4.78, 5) is 11.0. The summed E-state index contributed by atoms with van der Waals surface area (Å²) in [6.07, 6.45) is 16.2. The van der Waals surface area contributed by atoms with Gasteiger partial charge in [0.1, 0.15) is 0 Å². The molecule has 0 bridgehead atoms. The van der Waals surface area contributed by atoms with E-state index in [0.29, 0.717) is 23.4 Å². The van der Waals surface area contributed by atoms with Crippen molar-refractivity contribution in [2.45, 2.75) is 133 Å². The van der Waals surface area contributed by atoms with Gasteiger partial charge in [0.15, 0.2) is 0 Å². The van der Waals surface area contributed by atoms with Crippen LogP contribution in [0.3, 0.4) is 0 Å². The third-order valence-electron chi connectivity index (χ3n) is 9.03. The van der Waals surface area contributed by atoms with E-state index in [-0.39, 0.29) is 5.97 Å². The molecule has 2 heteroatoms. The van der Waals surface area contributed by atoms with Crippen LogP contribution in [0.5, 0.6) is 0 Å². The van der Waals surface area contributed by atoms with Crippen molar-refractivity contribution >= 4 is 5.97 Å². The predicted octanol–water partition coefficient (Wildman–Crippen LogP) is 9.75. The minimum absolute atomic E-state index is 0.174. The molecule has 1 saturated carbocycles. The molecule has 2 aliphatic carbocycles. The van der Waals surface area contributed by atoms with Crippen LogP contribution in [0.1, 0.15) is 133 Å². The van der Waals surface area contributed by atoms with E-state index in [4.69, 9.17) is 4.74 Å². The SMILES string of the molecule is CC(=O)OCCC[C@H](C)C(CC/C(C)=C/CCC1=C(C)CC[C@@]2(C)CCC(C)(C)C[C@@H]12)=C(C)C. The molecule has 0 aromatic heterocycles. The van der Waals surface area contributed by atoms with E-state index in [2.05, 4.69) is 61.5 Å². The Morgan fingerprint density at radius 3 is 2.44 bits per heavy atom. The van der Waals surface area contributed by atoms with Crippen LogP contribution in [0.15, 0.2) is 33.9 Å². The maximum Gasteiger partial charge on any atom is 0.302 e. The van der Waals surface area contributed by atoms with Gasteiger partial charge in [0.25, 0.3) is 0 Å². The lowest BCUT2D eigenvalue weighted by Crippen LogP contribution is -2.41.